The molecule has 0 atom stereocenters. The summed E-state index contributed by atoms with van der Waals surface area (Å²) in [5, 5.41) is 2.86. The van der Waals surface area contributed by atoms with Crippen LogP contribution >= 0.6 is 0 Å². The van der Waals surface area contributed by atoms with Crippen LogP contribution in [-0.4, -0.2) is 77.2 Å². The van der Waals surface area contributed by atoms with Gasteiger partial charge in [0, 0.05) is 56.6 Å². The van der Waals surface area contributed by atoms with Crippen molar-refractivity contribution in [3.8, 4) is 0 Å². The van der Waals surface area contributed by atoms with Crippen LogP contribution in [0.25, 0.3) is 0 Å². The SMILES string of the molecule is CNc1ncc(C(=O)N2CCC3(CCc4c3nc(N3CCOCC3)[nH]c4=O)CC2)cn1. The topological polar surface area (TPSA) is 116 Å². The van der Waals surface area contributed by atoms with Crippen molar-refractivity contribution in [1.82, 2.24) is 24.8 Å². The number of amides is 1. The molecular weight excluding hydrogens is 398 g/mol. The number of likely N-dealkylation sites (tertiary alicyclic amines) is 1. The molecule has 4 heterocycles. The highest BCUT2D eigenvalue weighted by Crippen LogP contribution is 2.44. The Morgan fingerprint density at radius 3 is 2.52 bits per heavy atom. The number of nitrogens with one attached hydrogen (secondary N) is 2. The number of carbonyl (C=O) groups is 1. The molecule has 2 aromatic heterocycles. The second-order valence-electron chi connectivity index (χ2n) is 8.43. The van der Waals surface area contributed by atoms with Gasteiger partial charge in [0.15, 0.2) is 0 Å². The standard InChI is InChI=1S/C21H27N7O3/c1-22-19-23-12-14(13-24-19)18(30)27-6-4-21(5-7-27)3-2-15-16(21)25-20(26-17(15)29)28-8-10-31-11-9-28/h12-13H,2-11H2,1H3,(H,22,23,24)(H,25,26,29). The maximum absolute atomic E-state index is 12.9. The van der Waals surface area contributed by atoms with E-state index in [1.807, 2.05) is 4.90 Å². The second-order valence-corrected chi connectivity index (χ2v) is 8.43. The third kappa shape index (κ3) is 3.54. The number of aromatic nitrogens is 4. The summed E-state index contributed by atoms with van der Waals surface area (Å²) in [4.78, 5) is 45.8. The lowest BCUT2D eigenvalue weighted by molar-refractivity contribution is 0.0662. The molecule has 1 aliphatic carbocycles. The lowest BCUT2D eigenvalue weighted by Crippen LogP contribution is -2.45. The smallest absolute Gasteiger partial charge is 0.256 e. The van der Waals surface area contributed by atoms with Crippen LogP contribution in [-0.2, 0) is 16.6 Å². The molecule has 0 saturated carbocycles. The zero-order valence-electron chi connectivity index (χ0n) is 17.7. The van der Waals surface area contributed by atoms with Gasteiger partial charge in [-0.3, -0.25) is 14.6 Å². The molecule has 0 aromatic carbocycles. The van der Waals surface area contributed by atoms with E-state index in [0.717, 1.165) is 50.0 Å². The van der Waals surface area contributed by atoms with Crippen LogP contribution < -0.4 is 15.8 Å². The summed E-state index contributed by atoms with van der Waals surface area (Å²) < 4.78 is 5.43. The molecule has 10 nitrogen and oxygen atoms in total. The highest BCUT2D eigenvalue weighted by Gasteiger charge is 2.45. The first-order valence-corrected chi connectivity index (χ1v) is 10.9. The lowest BCUT2D eigenvalue weighted by Gasteiger charge is -2.39. The summed E-state index contributed by atoms with van der Waals surface area (Å²) in [5.74, 6) is 1.08. The Kier molecular flexibility index (Phi) is 5.09. The Morgan fingerprint density at radius 1 is 1.13 bits per heavy atom. The molecule has 1 spiro atoms. The van der Waals surface area contributed by atoms with Crippen molar-refractivity contribution < 1.29 is 9.53 Å². The maximum Gasteiger partial charge on any atom is 0.256 e. The monoisotopic (exact) mass is 425 g/mol. The molecule has 0 bridgehead atoms. The fourth-order valence-corrected chi connectivity index (χ4v) is 4.94. The molecule has 0 unspecified atom stereocenters. The number of morpholine rings is 1. The van der Waals surface area contributed by atoms with Crippen LogP contribution in [0.15, 0.2) is 17.2 Å². The molecule has 3 aliphatic rings. The molecule has 2 fully saturated rings. The molecule has 2 aliphatic heterocycles. The first kappa shape index (κ1) is 19.9. The van der Waals surface area contributed by atoms with Crippen molar-refractivity contribution in [1.29, 1.82) is 0 Å². The third-order valence-electron chi connectivity index (χ3n) is 6.80. The largest absolute Gasteiger partial charge is 0.378 e. The van der Waals surface area contributed by atoms with Gasteiger partial charge in [-0.2, -0.15) is 0 Å². The number of hydrogen-bond acceptors (Lipinski definition) is 8. The molecule has 0 radical (unpaired) electrons. The lowest BCUT2D eigenvalue weighted by atomic mass is 9.76. The molecular formula is C21H27N7O3. The van der Waals surface area contributed by atoms with E-state index >= 15 is 0 Å². The van der Waals surface area contributed by atoms with Crippen LogP contribution in [0, 0.1) is 0 Å². The van der Waals surface area contributed by atoms with E-state index in [9.17, 15) is 9.59 Å². The zero-order chi connectivity index (χ0) is 21.4. The zero-order valence-corrected chi connectivity index (χ0v) is 17.7. The summed E-state index contributed by atoms with van der Waals surface area (Å²) >= 11 is 0. The van der Waals surface area contributed by atoms with E-state index in [4.69, 9.17) is 9.72 Å². The highest BCUT2D eigenvalue weighted by molar-refractivity contribution is 5.93. The Labute approximate surface area is 180 Å². The molecule has 164 valence electrons. The first-order chi connectivity index (χ1) is 15.1. The van der Waals surface area contributed by atoms with Crippen LogP contribution in [0.2, 0.25) is 0 Å². The number of piperidine rings is 1. The fraction of sp³-hybridized carbons (Fsp3) is 0.571. The summed E-state index contributed by atoms with van der Waals surface area (Å²) in [5.41, 5.74) is 2.09. The van der Waals surface area contributed by atoms with Gasteiger partial charge in [-0.1, -0.05) is 0 Å². The van der Waals surface area contributed by atoms with E-state index in [0.29, 0.717) is 43.8 Å². The number of carbonyl (C=O) groups excluding carboxylic acids is 1. The summed E-state index contributed by atoms with van der Waals surface area (Å²) in [7, 11) is 1.74. The average molecular weight is 425 g/mol. The van der Waals surface area contributed by atoms with Gasteiger partial charge in [0.25, 0.3) is 11.5 Å². The predicted molar refractivity (Wildman–Crippen MR) is 115 cm³/mol. The molecule has 2 N–H and O–H groups in total. The summed E-state index contributed by atoms with van der Waals surface area (Å²) in [6.45, 7) is 4.00. The molecule has 2 aromatic rings. The fourth-order valence-electron chi connectivity index (χ4n) is 4.94. The maximum atomic E-state index is 12.9. The van der Waals surface area contributed by atoms with Crippen molar-refractivity contribution in [2.24, 2.45) is 0 Å². The Hall–Kier alpha value is -3.01. The molecule has 1 amide bonds. The number of nitrogens with zero attached hydrogens (tertiary/aromatic N) is 5. The molecule has 5 rings (SSSR count). The molecule has 10 heteroatoms. The van der Waals surface area contributed by atoms with Crippen LogP contribution in [0.5, 0.6) is 0 Å². The van der Waals surface area contributed by atoms with E-state index in [1.54, 1.807) is 19.4 Å². The van der Waals surface area contributed by atoms with Gasteiger partial charge in [0.2, 0.25) is 11.9 Å². The van der Waals surface area contributed by atoms with E-state index in [1.165, 1.54) is 0 Å². The third-order valence-corrected chi connectivity index (χ3v) is 6.80. The van der Waals surface area contributed by atoms with Crippen LogP contribution in [0.3, 0.4) is 0 Å². The van der Waals surface area contributed by atoms with Crippen molar-refractivity contribution >= 4 is 17.8 Å². The van der Waals surface area contributed by atoms with Gasteiger partial charge in [-0.25, -0.2) is 15.0 Å². The van der Waals surface area contributed by atoms with Gasteiger partial charge >= 0.3 is 0 Å². The number of hydrogen-bond donors (Lipinski definition) is 2. The normalized spacial score (nSPS) is 20.0. The number of H-pyrrole nitrogens is 1. The minimum Gasteiger partial charge on any atom is -0.378 e. The summed E-state index contributed by atoms with van der Waals surface area (Å²) in [6, 6.07) is 0. The van der Waals surface area contributed by atoms with Gasteiger partial charge in [0.1, 0.15) is 0 Å². The van der Waals surface area contributed by atoms with Gasteiger partial charge in [0.05, 0.1) is 24.5 Å². The summed E-state index contributed by atoms with van der Waals surface area (Å²) in [6.07, 6.45) is 6.39. The minimum absolute atomic E-state index is 0.0244. The number of aromatic amines is 1. The molecule has 31 heavy (non-hydrogen) atoms. The quantitative estimate of drug-likeness (QED) is 0.733. The van der Waals surface area contributed by atoms with Crippen LogP contribution in [0.1, 0.15) is 40.9 Å². The van der Waals surface area contributed by atoms with E-state index < -0.39 is 0 Å². The predicted octanol–water partition coefficient (Wildman–Crippen LogP) is 0.558. The van der Waals surface area contributed by atoms with Crippen LogP contribution in [0.4, 0.5) is 11.9 Å². The second kappa shape index (κ2) is 7.92. The van der Waals surface area contributed by atoms with Crippen molar-refractivity contribution in [2.45, 2.75) is 31.1 Å². The number of anilines is 2. The number of ether oxygens (including phenoxy) is 1. The number of fused-ring (bicyclic) bond motifs is 2. The minimum atomic E-state index is -0.131. The van der Waals surface area contributed by atoms with E-state index in [2.05, 4.69) is 25.2 Å². The van der Waals surface area contributed by atoms with Crippen molar-refractivity contribution in [3.05, 3.63) is 39.6 Å². The Bertz CT molecular complexity index is 1020. The Balaban J connectivity index is 1.34. The van der Waals surface area contributed by atoms with Gasteiger partial charge < -0.3 is 19.9 Å². The first-order valence-electron chi connectivity index (χ1n) is 10.9. The van der Waals surface area contributed by atoms with Gasteiger partial charge in [-0.15, -0.1) is 0 Å². The number of rotatable bonds is 3. The van der Waals surface area contributed by atoms with Crippen molar-refractivity contribution in [3.63, 3.8) is 0 Å². The highest BCUT2D eigenvalue weighted by atomic mass is 16.5. The van der Waals surface area contributed by atoms with Crippen molar-refractivity contribution in [2.75, 3.05) is 56.7 Å². The Morgan fingerprint density at radius 2 is 1.84 bits per heavy atom. The van der Waals surface area contributed by atoms with E-state index in [-0.39, 0.29) is 16.9 Å². The average Bonchev–Trinajstić information content (AvgIpc) is 3.18. The van der Waals surface area contributed by atoms with Gasteiger partial charge in [-0.05, 0) is 25.7 Å². The molecule has 2 saturated heterocycles.